The van der Waals surface area contributed by atoms with Gasteiger partial charge in [0.15, 0.2) is 5.96 Å². The van der Waals surface area contributed by atoms with Gasteiger partial charge in [-0.15, -0.1) is 0 Å². The molecule has 0 bridgehead atoms. The summed E-state index contributed by atoms with van der Waals surface area (Å²) in [5.41, 5.74) is 1.70. The molecule has 1 amide bonds. The Balaban J connectivity index is 1.69. The number of amides is 1. The van der Waals surface area contributed by atoms with Crippen LogP contribution in [0.4, 0.5) is 5.69 Å². The van der Waals surface area contributed by atoms with Crippen molar-refractivity contribution < 1.29 is 4.79 Å². The van der Waals surface area contributed by atoms with Crippen molar-refractivity contribution in [3.63, 3.8) is 0 Å². The molecule has 0 radical (unpaired) electrons. The standard InChI is InChI=1S/C17H20BrN5O/c1-19-17(22-12-15-4-2-3-10-20-15)21-11-9-16(24)23-14-7-5-13(18)6-8-14/h2-8,10H,9,11-12H2,1H3,(H,23,24)(H2,19,21,22). The summed E-state index contributed by atoms with van der Waals surface area (Å²) in [5.74, 6) is 0.585. The van der Waals surface area contributed by atoms with Crippen LogP contribution in [-0.4, -0.2) is 30.4 Å². The average molecular weight is 390 g/mol. The molecule has 0 atom stereocenters. The number of halogens is 1. The molecule has 126 valence electrons. The number of benzene rings is 1. The Labute approximate surface area is 149 Å². The first-order valence-corrected chi connectivity index (χ1v) is 8.36. The van der Waals surface area contributed by atoms with Crippen LogP contribution in [0.3, 0.4) is 0 Å². The first kappa shape index (κ1) is 17.9. The summed E-state index contributed by atoms with van der Waals surface area (Å²) in [5, 5.41) is 9.11. The maximum absolute atomic E-state index is 11.9. The molecule has 2 aromatic rings. The fraction of sp³-hybridized carbons (Fsp3) is 0.235. The van der Waals surface area contributed by atoms with Crippen LogP contribution in [0.2, 0.25) is 0 Å². The van der Waals surface area contributed by atoms with Crippen molar-refractivity contribution in [3.8, 4) is 0 Å². The van der Waals surface area contributed by atoms with Gasteiger partial charge in [0.1, 0.15) is 0 Å². The second-order valence-electron chi connectivity index (χ2n) is 4.98. The number of nitrogens with one attached hydrogen (secondary N) is 3. The Morgan fingerprint density at radius 1 is 1.17 bits per heavy atom. The molecular formula is C17H20BrN5O. The topological polar surface area (TPSA) is 78.4 Å². The lowest BCUT2D eigenvalue weighted by molar-refractivity contribution is -0.116. The van der Waals surface area contributed by atoms with E-state index in [-0.39, 0.29) is 5.91 Å². The van der Waals surface area contributed by atoms with Gasteiger partial charge in [0.05, 0.1) is 12.2 Å². The molecule has 1 aromatic carbocycles. The van der Waals surface area contributed by atoms with E-state index in [9.17, 15) is 4.79 Å². The number of carbonyl (C=O) groups excluding carboxylic acids is 1. The summed E-state index contributed by atoms with van der Waals surface area (Å²) in [6.07, 6.45) is 2.10. The van der Waals surface area contributed by atoms with Gasteiger partial charge in [-0.25, -0.2) is 0 Å². The molecule has 0 saturated carbocycles. The van der Waals surface area contributed by atoms with Crippen LogP contribution >= 0.6 is 15.9 Å². The van der Waals surface area contributed by atoms with Crippen molar-refractivity contribution in [2.24, 2.45) is 4.99 Å². The lowest BCUT2D eigenvalue weighted by Crippen LogP contribution is -2.38. The smallest absolute Gasteiger partial charge is 0.226 e. The van der Waals surface area contributed by atoms with Crippen molar-refractivity contribution >= 4 is 33.5 Å². The molecule has 1 aromatic heterocycles. The summed E-state index contributed by atoms with van der Waals surface area (Å²) in [6.45, 7) is 1.07. The molecule has 0 fully saturated rings. The fourth-order valence-corrected chi connectivity index (χ4v) is 2.21. The zero-order valence-electron chi connectivity index (χ0n) is 13.4. The van der Waals surface area contributed by atoms with Gasteiger partial charge in [-0.1, -0.05) is 22.0 Å². The van der Waals surface area contributed by atoms with E-state index in [0.29, 0.717) is 25.5 Å². The van der Waals surface area contributed by atoms with Crippen molar-refractivity contribution in [1.29, 1.82) is 0 Å². The number of anilines is 1. The lowest BCUT2D eigenvalue weighted by atomic mass is 10.3. The number of rotatable bonds is 6. The number of hydrogen-bond donors (Lipinski definition) is 3. The van der Waals surface area contributed by atoms with Gasteiger partial charge in [0, 0.05) is 36.4 Å². The number of aliphatic imine (C=N–C) groups is 1. The highest BCUT2D eigenvalue weighted by Gasteiger charge is 2.04. The van der Waals surface area contributed by atoms with Crippen LogP contribution in [0.1, 0.15) is 12.1 Å². The Morgan fingerprint density at radius 3 is 2.62 bits per heavy atom. The Hall–Kier alpha value is -2.41. The second kappa shape index (κ2) is 9.67. The van der Waals surface area contributed by atoms with E-state index < -0.39 is 0 Å². The predicted octanol–water partition coefficient (Wildman–Crippen LogP) is 2.54. The maximum atomic E-state index is 11.9. The minimum absolute atomic E-state index is 0.0509. The van der Waals surface area contributed by atoms with Crippen LogP contribution < -0.4 is 16.0 Å². The molecule has 7 heteroatoms. The zero-order valence-corrected chi connectivity index (χ0v) is 15.0. The molecule has 24 heavy (non-hydrogen) atoms. The summed E-state index contributed by atoms with van der Waals surface area (Å²) in [4.78, 5) is 20.3. The number of hydrogen-bond acceptors (Lipinski definition) is 3. The Kier molecular flexibility index (Phi) is 7.22. The third kappa shape index (κ3) is 6.37. The lowest BCUT2D eigenvalue weighted by Gasteiger charge is -2.11. The summed E-state index contributed by atoms with van der Waals surface area (Å²) in [6, 6.07) is 13.2. The molecule has 0 spiro atoms. The minimum atomic E-state index is -0.0509. The van der Waals surface area contributed by atoms with Gasteiger partial charge >= 0.3 is 0 Å². The molecule has 1 heterocycles. The van der Waals surface area contributed by atoms with Crippen molar-refractivity contribution in [2.45, 2.75) is 13.0 Å². The van der Waals surface area contributed by atoms with Gasteiger partial charge in [-0.2, -0.15) is 0 Å². The number of guanidine groups is 1. The van der Waals surface area contributed by atoms with Crippen molar-refractivity contribution in [1.82, 2.24) is 15.6 Å². The first-order valence-electron chi connectivity index (χ1n) is 7.57. The SMILES string of the molecule is CN=C(NCCC(=O)Nc1ccc(Br)cc1)NCc1ccccn1. The quantitative estimate of drug-likeness (QED) is 0.523. The van der Waals surface area contributed by atoms with Gasteiger partial charge in [0.2, 0.25) is 5.91 Å². The number of carbonyl (C=O) groups is 1. The van der Waals surface area contributed by atoms with E-state index in [2.05, 4.69) is 41.9 Å². The van der Waals surface area contributed by atoms with Crippen molar-refractivity contribution in [3.05, 3.63) is 58.8 Å². The molecule has 0 aliphatic carbocycles. The molecule has 6 nitrogen and oxygen atoms in total. The molecule has 0 unspecified atom stereocenters. The molecular weight excluding hydrogens is 370 g/mol. The van der Waals surface area contributed by atoms with Gasteiger partial charge in [-0.05, 0) is 36.4 Å². The van der Waals surface area contributed by atoms with E-state index in [1.807, 2.05) is 42.5 Å². The first-order chi connectivity index (χ1) is 11.7. The predicted molar refractivity (Wildman–Crippen MR) is 99.8 cm³/mol. The highest BCUT2D eigenvalue weighted by atomic mass is 79.9. The van der Waals surface area contributed by atoms with E-state index in [4.69, 9.17) is 0 Å². The number of nitrogens with zero attached hydrogens (tertiary/aromatic N) is 2. The van der Waals surface area contributed by atoms with Gasteiger partial charge in [-0.3, -0.25) is 14.8 Å². The van der Waals surface area contributed by atoms with Crippen LogP contribution in [0.5, 0.6) is 0 Å². The zero-order chi connectivity index (χ0) is 17.2. The third-order valence-corrected chi connectivity index (χ3v) is 3.69. The Morgan fingerprint density at radius 2 is 1.96 bits per heavy atom. The third-order valence-electron chi connectivity index (χ3n) is 3.16. The number of pyridine rings is 1. The van der Waals surface area contributed by atoms with Crippen LogP contribution in [-0.2, 0) is 11.3 Å². The monoisotopic (exact) mass is 389 g/mol. The van der Waals surface area contributed by atoms with E-state index >= 15 is 0 Å². The van der Waals surface area contributed by atoms with Crippen LogP contribution in [0.15, 0.2) is 58.1 Å². The highest BCUT2D eigenvalue weighted by Crippen LogP contribution is 2.14. The highest BCUT2D eigenvalue weighted by molar-refractivity contribution is 9.10. The largest absolute Gasteiger partial charge is 0.356 e. The molecule has 2 rings (SSSR count). The van der Waals surface area contributed by atoms with Gasteiger partial charge < -0.3 is 16.0 Å². The van der Waals surface area contributed by atoms with Crippen LogP contribution in [0.25, 0.3) is 0 Å². The van der Waals surface area contributed by atoms with E-state index in [1.165, 1.54) is 0 Å². The van der Waals surface area contributed by atoms with Crippen LogP contribution in [0, 0.1) is 0 Å². The molecule has 3 N–H and O–H groups in total. The minimum Gasteiger partial charge on any atom is -0.356 e. The summed E-state index contributed by atoms with van der Waals surface area (Å²) >= 11 is 3.36. The normalized spacial score (nSPS) is 11.0. The summed E-state index contributed by atoms with van der Waals surface area (Å²) in [7, 11) is 1.69. The molecule has 0 saturated heterocycles. The number of aromatic nitrogens is 1. The second-order valence-corrected chi connectivity index (χ2v) is 5.89. The Bertz CT molecular complexity index is 673. The molecule has 0 aliphatic rings. The van der Waals surface area contributed by atoms with Crippen molar-refractivity contribution in [2.75, 3.05) is 18.9 Å². The summed E-state index contributed by atoms with van der Waals surface area (Å²) < 4.78 is 0.977. The maximum Gasteiger partial charge on any atom is 0.226 e. The van der Waals surface area contributed by atoms with E-state index in [1.54, 1.807) is 13.2 Å². The average Bonchev–Trinajstić information content (AvgIpc) is 2.61. The fourth-order valence-electron chi connectivity index (χ4n) is 1.95. The molecule has 0 aliphatic heterocycles. The van der Waals surface area contributed by atoms with Gasteiger partial charge in [0.25, 0.3) is 0 Å². The van der Waals surface area contributed by atoms with E-state index in [0.717, 1.165) is 15.9 Å².